The molecular weight excluding hydrogens is 340 g/mol. The van der Waals surface area contributed by atoms with Crippen molar-refractivity contribution in [3.05, 3.63) is 18.0 Å². The van der Waals surface area contributed by atoms with E-state index in [0.29, 0.717) is 24.7 Å². The molecule has 1 aromatic rings. The van der Waals surface area contributed by atoms with Crippen LogP contribution in [-0.4, -0.2) is 49.4 Å². The summed E-state index contributed by atoms with van der Waals surface area (Å²) in [6, 6.07) is 1.53. The molecule has 0 aromatic carbocycles. The van der Waals surface area contributed by atoms with Crippen LogP contribution in [0.5, 0.6) is 0 Å². The van der Waals surface area contributed by atoms with Gasteiger partial charge in [0.2, 0.25) is 10.0 Å². The van der Waals surface area contributed by atoms with Gasteiger partial charge in [-0.3, -0.25) is 4.79 Å². The molecule has 3 atom stereocenters. The Hall–Kier alpha value is -1.09. The van der Waals surface area contributed by atoms with E-state index in [-0.39, 0.29) is 35.2 Å². The Bertz CT molecular complexity index is 703. The summed E-state index contributed by atoms with van der Waals surface area (Å²) >= 11 is 0. The molecule has 1 saturated carbocycles. The number of amides is 1. The highest BCUT2D eigenvalue weighted by Gasteiger charge is 2.45. The number of rotatable bonds is 3. The van der Waals surface area contributed by atoms with Gasteiger partial charge in [0.25, 0.3) is 5.91 Å². The molecule has 0 bridgehead atoms. The Kier molecular flexibility index (Phi) is 5.10. The number of nitrogens with zero attached hydrogens (tertiary/aromatic N) is 2. The molecule has 3 unspecified atom stereocenters. The minimum atomic E-state index is -3.57. The van der Waals surface area contributed by atoms with Crippen molar-refractivity contribution in [1.82, 2.24) is 14.2 Å². The smallest absolute Gasteiger partial charge is 0.267 e. The summed E-state index contributed by atoms with van der Waals surface area (Å²) in [5.41, 5.74) is 6.40. The maximum absolute atomic E-state index is 12.8. The molecule has 1 aliphatic carbocycles. The molecule has 23 heavy (non-hydrogen) atoms. The van der Waals surface area contributed by atoms with Gasteiger partial charge in [0.05, 0.1) is 0 Å². The number of hydrogen-bond donors (Lipinski definition) is 2. The van der Waals surface area contributed by atoms with Crippen LogP contribution in [0, 0.1) is 11.8 Å². The van der Waals surface area contributed by atoms with Crippen molar-refractivity contribution in [2.45, 2.75) is 23.8 Å². The molecule has 1 aliphatic heterocycles. The van der Waals surface area contributed by atoms with E-state index in [1.165, 1.54) is 28.2 Å². The van der Waals surface area contributed by atoms with Crippen molar-refractivity contribution < 1.29 is 13.2 Å². The lowest BCUT2D eigenvalue weighted by Gasteiger charge is -2.17. The summed E-state index contributed by atoms with van der Waals surface area (Å²) in [6.07, 6.45) is 3.47. The molecular formula is C14H23ClN4O3S. The Morgan fingerprint density at radius 3 is 2.65 bits per heavy atom. The number of aromatic nitrogens is 1. The predicted octanol–water partition coefficient (Wildman–Crippen LogP) is 0.164. The zero-order valence-corrected chi connectivity index (χ0v) is 14.9. The topological polar surface area (TPSA) is 97.4 Å². The standard InChI is InChI=1S/C14H22N4O3S.ClH/c1-16-14(19)13-5-10(7-17(13)2)22(20,21)18-6-9-3-4-12(15)11(9)8-18;/h5,7,9,11-12H,3-4,6,8,15H2,1-2H3,(H,16,19);1H. The highest BCUT2D eigenvalue weighted by molar-refractivity contribution is 7.89. The molecule has 3 rings (SSSR count). The van der Waals surface area contributed by atoms with Gasteiger partial charge in [-0.2, -0.15) is 4.31 Å². The van der Waals surface area contributed by atoms with Crippen LogP contribution in [0.3, 0.4) is 0 Å². The molecule has 2 heterocycles. The number of sulfonamides is 1. The molecule has 2 fully saturated rings. The van der Waals surface area contributed by atoms with Gasteiger partial charge < -0.3 is 15.6 Å². The molecule has 130 valence electrons. The second-order valence-corrected chi connectivity index (χ2v) is 8.18. The Morgan fingerprint density at radius 1 is 1.35 bits per heavy atom. The number of nitrogens with two attached hydrogens (primary N) is 1. The number of carbonyl (C=O) groups excluding carboxylic acids is 1. The van der Waals surface area contributed by atoms with Crippen molar-refractivity contribution in [3.8, 4) is 0 Å². The van der Waals surface area contributed by atoms with E-state index >= 15 is 0 Å². The zero-order valence-electron chi connectivity index (χ0n) is 13.2. The number of fused-ring (bicyclic) bond motifs is 1. The first-order chi connectivity index (χ1) is 10.3. The molecule has 0 spiro atoms. The Labute approximate surface area is 142 Å². The average Bonchev–Trinajstić information content (AvgIpc) is 3.15. The van der Waals surface area contributed by atoms with Gasteiger partial charge in [0.15, 0.2) is 0 Å². The average molecular weight is 363 g/mol. The fraction of sp³-hybridized carbons (Fsp3) is 0.643. The third-order valence-corrected chi connectivity index (χ3v) is 6.75. The number of hydrogen-bond acceptors (Lipinski definition) is 4. The molecule has 1 saturated heterocycles. The van der Waals surface area contributed by atoms with Gasteiger partial charge in [-0.1, -0.05) is 0 Å². The number of halogens is 1. The SMILES string of the molecule is CNC(=O)c1cc(S(=O)(=O)N2CC3CCC(N)C3C2)cn1C.Cl. The zero-order chi connectivity index (χ0) is 16.1. The first-order valence-electron chi connectivity index (χ1n) is 7.48. The van der Waals surface area contributed by atoms with E-state index < -0.39 is 10.0 Å². The van der Waals surface area contributed by atoms with E-state index in [0.717, 1.165) is 12.8 Å². The maximum atomic E-state index is 12.8. The van der Waals surface area contributed by atoms with E-state index in [1.807, 2.05) is 0 Å². The molecule has 7 nitrogen and oxygen atoms in total. The van der Waals surface area contributed by atoms with Crippen molar-refractivity contribution in [2.24, 2.45) is 24.6 Å². The van der Waals surface area contributed by atoms with E-state index in [4.69, 9.17) is 5.73 Å². The lowest BCUT2D eigenvalue weighted by molar-refractivity contribution is 0.0955. The highest BCUT2D eigenvalue weighted by Crippen LogP contribution is 2.39. The van der Waals surface area contributed by atoms with E-state index in [1.54, 1.807) is 7.05 Å². The van der Waals surface area contributed by atoms with Gasteiger partial charge in [0, 0.05) is 39.4 Å². The maximum Gasteiger partial charge on any atom is 0.267 e. The van der Waals surface area contributed by atoms with Gasteiger partial charge in [-0.05, 0) is 30.7 Å². The van der Waals surface area contributed by atoms with Gasteiger partial charge >= 0.3 is 0 Å². The minimum absolute atomic E-state index is 0. The summed E-state index contributed by atoms with van der Waals surface area (Å²) in [6.45, 7) is 1.02. The monoisotopic (exact) mass is 362 g/mol. The van der Waals surface area contributed by atoms with Crippen LogP contribution < -0.4 is 11.1 Å². The Balaban J connectivity index is 0.00000192. The van der Waals surface area contributed by atoms with Crippen LogP contribution in [0.4, 0.5) is 0 Å². The molecule has 0 radical (unpaired) electrons. The second-order valence-electron chi connectivity index (χ2n) is 6.24. The van der Waals surface area contributed by atoms with Gasteiger partial charge in [0.1, 0.15) is 10.6 Å². The van der Waals surface area contributed by atoms with Crippen molar-refractivity contribution in [2.75, 3.05) is 20.1 Å². The van der Waals surface area contributed by atoms with Crippen molar-refractivity contribution >= 4 is 28.3 Å². The number of aryl methyl sites for hydroxylation is 1. The molecule has 1 amide bonds. The van der Waals surface area contributed by atoms with Crippen LogP contribution in [0.15, 0.2) is 17.2 Å². The highest BCUT2D eigenvalue weighted by atomic mass is 35.5. The van der Waals surface area contributed by atoms with Crippen LogP contribution in [0.1, 0.15) is 23.3 Å². The fourth-order valence-electron chi connectivity index (χ4n) is 3.64. The molecule has 9 heteroatoms. The van der Waals surface area contributed by atoms with Crippen LogP contribution in [0.25, 0.3) is 0 Å². The summed E-state index contributed by atoms with van der Waals surface area (Å²) in [5, 5.41) is 2.51. The van der Waals surface area contributed by atoms with Crippen molar-refractivity contribution in [3.63, 3.8) is 0 Å². The molecule has 1 aromatic heterocycles. The summed E-state index contributed by atoms with van der Waals surface area (Å²) in [5.74, 6) is 0.327. The lowest BCUT2D eigenvalue weighted by Crippen LogP contribution is -2.33. The summed E-state index contributed by atoms with van der Waals surface area (Å²) < 4.78 is 28.6. The largest absolute Gasteiger partial charge is 0.354 e. The van der Waals surface area contributed by atoms with Gasteiger partial charge in [-0.25, -0.2) is 8.42 Å². The lowest BCUT2D eigenvalue weighted by atomic mass is 9.98. The third-order valence-electron chi connectivity index (χ3n) is 4.96. The minimum Gasteiger partial charge on any atom is -0.354 e. The Morgan fingerprint density at radius 2 is 2.04 bits per heavy atom. The van der Waals surface area contributed by atoms with Crippen LogP contribution >= 0.6 is 12.4 Å². The first kappa shape index (κ1) is 18.3. The summed E-state index contributed by atoms with van der Waals surface area (Å²) in [7, 11) is -0.385. The van der Waals surface area contributed by atoms with Gasteiger partial charge in [-0.15, -0.1) is 12.4 Å². The van der Waals surface area contributed by atoms with E-state index in [9.17, 15) is 13.2 Å². The normalized spacial score (nSPS) is 27.5. The van der Waals surface area contributed by atoms with E-state index in [2.05, 4.69) is 5.32 Å². The molecule has 2 aliphatic rings. The predicted molar refractivity (Wildman–Crippen MR) is 89.0 cm³/mol. The second kappa shape index (κ2) is 6.43. The molecule has 3 N–H and O–H groups in total. The van der Waals surface area contributed by atoms with Crippen LogP contribution in [-0.2, 0) is 17.1 Å². The number of carbonyl (C=O) groups is 1. The number of nitrogens with one attached hydrogen (secondary N) is 1. The van der Waals surface area contributed by atoms with Crippen molar-refractivity contribution in [1.29, 1.82) is 0 Å². The first-order valence-corrected chi connectivity index (χ1v) is 8.92. The summed E-state index contributed by atoms with van der Waals surface area (Å²) in [4.78, 5) is 11.9. The fourth-order valence-corrected chi connectivity index (χ4v) is 5.25. The third kappa shape index (κ3) is 3.00. The quantitative estimate of drug-likeness (QED) is 0.800. The van der Waals surface area contributed by atoms with Crippen LogP contribution in [0.2, 0.25) is 0 Å².